The molecule has 2 aromatic heterocycles. The number of rotatable bonds is 4. The largest absolute Gasteiger partial charge is 0.317 e. The second-order valence-corrected chi connectivity index (χ2v) is 7.09. The lowest BCUT2D eigenvalue weighted by Gasteiger charge is -2.11. The van der Waals surface area contributed by atoms with Crippen molar-refractivity contribution in [2.45, 2.75) is 13.8 Å². The van der Waals surface area contributed by atoms with Crippen LogP contribution < -0.4 is 5.43 Å². The Bertz CT molecular complexity index is 897. The van der Waals surface area contributed by atoms with Gasteiger partial charge < -0.3 is 4.57 Å². The Morgan fingerprint density at radius 2 is 2.04 bits per heavy atom. The molecule has 24 heavy (non-hydrogen) atoms. The standard InChI is InChI=1S/C18H16BrN3OS/c1-12-10-14(11-20-21-18(23)17-8-5-9-24-17)13(2)22(12)16-7-4-3-6-15(16)19/h3-11H,1-2H3,(H,21,23)/b20-11-. The van der Waals surface area contributed by atoms with E-state index in [1.165, 1.54) is 11.3 Å². The molecule has 0 radical (unpaired) electrons. The second-order valence-electron chi connectivity index (χ2n) is 5.29. The van der Waals surface area contributed by atoms with E-state index in [-0.39, 0.29) is 5.91 Å². The van der Waals surface area contributed by atoms with E-state index in [0.29, 0.717) is 4.88 Å². The summed E-state index contributed by atoms with van der Waals surface area (Å²) in [4.78, 5) is 12.5. The zero-order valence-corrected chi connectivity index (χ0v) is 15.7. The fourth-order valence-electron chi connectivity index (χ4n) is 2.55. The molecule has 1 aromatic carbocycles. The van der Waals surface area contributed by atoms with Crippen molar-refractivity contribution in [2.75, 3.05) is 0 Å². The number of thiophene rings is 1. The van der Waals surface area contributed by atoms with Gasteiger partial charge in [-0.05, 0) is 59.4 Å². The lowest BCUT2D eigenvalue weighted by Crippen LogP contribution is -2.16. The van der Waals surface area contributed by atoms with Gasteiger partial charge in [0.1, 0.15) is 0 Å². The molecule has 0 atom stereocenters. The third-order valence-electron chi connectivity index (χ3n) is 3.68. The topological polar surface area (TPSA) is 46.4 Å². The van der Waals surface area contributed by atoms with Gasteiger partial charge in [-0.15, -0.1) is 11.3 Å². The van der Waals surface area contributed by atoms with E-state index >= 15 is 0 Å². The normalized spacial score (nSPS) is 11.1. The molecule has 0 unspecified atom stereocenters. The van der Waals surface area contributed by atoms with Crippen LogP contribution in [0.3, 0.4) is 0 Å². The number of aromatic nitrogens is 1. The van der Waals surface area contributed by atoms with Crippen molar-refractivity contribution in [3.05, 3.63) is 74.1 Å². The molecule has 0 bridgehead atoms. The number of para-hydroxylation sites is 1. The number of nitrogens with one attached hydrogen (secondary N) is 1. The quantitative estimate of drug-likeness (QED) is 0.500. The number of hydrogen-bond donors (Lipinski definition) is 1. The number of carbonyl (C=O) groups is 1. The number of benzene rings is 1. The Kier molecular flexibility index (Phi) is 4.97. The maximum Gasteiger partial charge on any atom is 0.281 e. The van der Waals surface area contributed by atoms with Crippen LogP contribution in [0.4, 0.5) is 0 Å². The first kappa shape index (κ1) is 16.7. The summed E-state index contributed by atoms with van der Waals surface area (Å²) >= 11 is 4.98. The lowest BCUT2D eigenvalue weighted by atomic mass is 10.2. The molecular weight excluding hydrogens is 386 g/mol. The third-order valence-corrected chi connectivity index (χ3v) is 5.22. The van der Waals surface area contributed by atoms with Gasteiger partial charge in [0, 0.05) is 21.4 Å². The highest BCUT2D eigenvalue weighted by Crippen LogP contribution is 2.26. The minimum absolute atomic E-state index is 0.194. The minimum Gasteiger partial charge on any atom is -0.317 e. The van der Waals surface area contributed by atoms with Gasteiger partial charge in [-0.1, -0.05) is 18.2 Å². The molecule has 0 aliphatic rings. The first-order chi connectivity index (χ1) is 11.6. The molecule has 1 amide bonds. The molecule has 2 heterocycles. The van der Waals surface area contributed by atoms with Crippen LogP contribution in [0.25, 0.3) is 5.69 Å². The Morgan fingerprint density at radius 3 is 2.75 bits per heavy atom. The number of nitrogens with zero attached hydrogens (tertiary/aromatic N) is 2. The molecule has 0 fully saturated rings. The summed E-state index contributed by atoms with van der Waals surface area (Å²) in [5, 5.41) is 5.95. The van der Waals surface area contributed by atoms with Gasteiger partial charge in [-0.3, -0.25) is 4.79 Å². The van der Waals surface area contributed by atoms with Gasteiger partial charge >= 0.3 is 0 Å². The monoisotopic (exact) mass is 401 g/mol. The average Bonchev–Trinajstić information content (AvgIpc) is 3.18. The molecule has 3 aromatic rings. The molecule has 4 nitrogen and oxygen atoms in total. The molecule has 3 rings (SSSR count). The molecule has 0 spiro atoms. The van der Waals surface area contributed by atoms with Gasteiger partial charge in [0.15, 0.2) is 0 Å². The molecule has 1 N–H and O–H groups in total. The smallest absolute Gasteiger partial charge is 0.281 e. The van der Waals surface area contributed by atoms with E-state index < -0.39 is 0 Å². The molecule has 0 aliphatic heterocycles. The summed E-state index contributed by atoms with van der Waals surface area (Å²) in [6, 6.07) is 13.7. The first-order valence-corrected chi connectivity index (χ1v) is 9.06. The van der Waals surface area contributed by atoms with Gasteiger partial charge in [0.05, 0.1) is 16.8 Å². The summed E-state index contributed by atoms with van der Waals surface area (Å²) in [6.45, 7) is 4.09. The summed E-state index contributed by atoms with van der Waals surface area (Å²) < 4.78 is 3.19. The van der Waals surface area contributed by atoms with Crippen LogP contribution in [0.1, 0.15) is 26.6 Å². The van der Waals surface area contributed by atoms with Crippen molar-refractivity contribution in [1.29, 1.82) is 0 Å². The first-order valence-electron chi connectivity index (χ1n) is 7.38. The zero-order valence-electron chi connectivity index (χ0n) is 13.3. The summed E-state index contributed by atoms with van der Waals surface area (Å²) in [7, 11) is 0. The third kappa shape index (κ3) is 3.34. The van der Waals surface area contributed by atoms with Crippen LogP contribution in [0, 0.1) is 13.8 Å². The number of halogens is 1. The van der Waals surface area contributed by atoms with E-state index in [1.54, 1.807) is 12.3 Å². The van der Waals surface area contributed by atoms with Gasteiger partial charge in [-0.2, -0.15) is 5.10 Å². The lowest BCUT2D eigenvalue weighted by molar-refractivity contribution is 0.0959. The number of amides is 1. The fourth-order valence-corrected chi connectivity index (χ4v) is 3.62. The minimum atomic E-state index is -0.194. The van der Waals surface area contributed by atoms with Crippen molar-refractivity contribution >= 4 is 39.4 Å². The van der Waals surface area contributed by atoms with Crippen LogP contribution in [0.15, 0.2) is 57.4 Å². The van der Waals surface area contributed by atoms with E-state index in [1.807, 2.05) is 43.5 Å². The van der Waals surface area contributed by atoms with Crippen LogP contribution >= 0.6 is 27.3 Å². The zero-order chi connectivity index (χ0) is 17.1. The van der Waals surface area contributed by atoms with Crippen LogP contribution in [-0.4, -0.2) is 16.7 Å². The number of hydrazone groups is 1. The number of hydrogen-bond acceptors (Lipinski definition) is 3. The highest BCUT2D eigenvalue weighted by Gasteiger charge is 2.11. The molecule has 0 saturated heterocycles. The molecule has 122 valence electrons. The van der Waals surface area contributed by atoms with Crippen molar-refractivity contribution in [3.8, 4) is 5.69 Å². The van der Waals surface area contributed by atoms with E-state index in [4.69, 9.17) is 0 Å². The van der Waals surface area contributed by atoms with Crippen molar-refractivity contribution < 1.29 is 4.79 Å². The summed E-state index contributed by atoms with van der Waals surface area (Å²) in [6.07, 6.45) is 1.68. The Balaban J connectivity index is 1.83. The van der Waals surface area contributed by atoms with E-state index in [2.05, 4.69) is 43.2 Å². The Hall–Kier alpha value is -2.18. The van der Waals surface area contributed by atoms with Gasteiger partial charge in [0.2, 0.25) is 0 Å². The van der Waals surface area contributed by atoms with Crippen molar-refractivity contribution in [3.63, 3.8) is 0 Å². The molecule has 0 aliphatic carbocycles. The molecule has 0 saturated carbocycles. The molecule has 6 heteroatoms. The number of carbonyl (C=O) groups excluding carboxylic acids is 1. The van der Waals surface area contributed by atoms with Gasteiger partial charge in [0.25, 0.3) is 5.91 Å². The maximum atomic E-state index is 11.9. The SMILES string of the molecule is Cc1cc(/C=N\NC(=O)c2cccs2)c(C)n1-c1ccccc1Br. The Morgan fingerprint density at radius 1 is 1.25 bits per heavy atom. The van der Waals surface area contributed by atoms with E-state index in [0.717, 1.165) is 27.1 Å². The van der Waals surface area contributed by atoms with Crippen molar-refractivity contribution in [1.82, 2.24) is 9.99 Å². The summed E-state index contributed by atoms with van der Waals surface area (Å²) in [5.74, 6) is -0.194. The maximum absolute atomic E-state index is 11.9. The fraction of sp³-hybridized carbons (Fsp3) is 0.111. The van der Waals surface area contributed by atoms with Crippen LogP contribution in [0.2, 0.25) is 0 Å². The average molecular weight is 402 g/mol. The van der Waals surface area contributed by atoms with Crippen molar-refractivity contribution in [2.24, 2.45) is 5.10 Å². The predicted octanol–water partition coefficient (Wildman–Crippen LogP) is 4.68. The second kappa shape index (κ2) is 7.15. The molecular formula is C18H16BrN3OS. The summed E-state index contributed by atoms with van der Waals surface area (Å²) in [5.41, 5.74) is 6.77. The highest BCUT2D eigenvalue weighted by atomic mass is 79.9. The number of aryl methyl sites for hydroxylation is 1. The van der Waals surface area contributed by atoms with Crippen LogP contribution in [0.5, 0.6) is 0 Å². The van der Waals surface area contributed by atoms with Crippen LogP contribution in [-0.2, 0) is 0 Å². The van der Waals surface area contributed by atoms with Gasteiger partial charge in [-0.25, -0.2) is 5.43 Å². The predicted molar refractivity (Wildman–Crippen MR) is 102 cm³/mol. The van der Waals surface area contributed by atoms with E-state index in [9.17, 15) is 4.79 Å². The Labute approximate surface area is 153 Å². The highest BCUT2D eigenvalue weighted by molar-refractivity contribution is 9.10.